The Labute approximate surface area is 226 Å². The molecule has 7 nitrogen and oxygen atoms in total. The second-order valence-electron chi connectivity index (χ2n) is 9.83. The van der Waals surface area contributed by atoms with Gasteiger partial charge in [0.2, 0.25) is 10.0 Å². The van der Waals surface area contributed by atoms with E-state index in [1.165, 1.54) is 21.1 Å². The Balaban J connectivity index is 1.50. The second-order valence-corrected chi connectivity index (χ2v) is 11.9. The lowest BCUT2D eigenvalue weighted by Gasteiger charge is -2.37. The number of aryl methyl sites for hydroxylation is 2. The summed E-state index contributed by atoms with van der Waals surface area (Å²) < 4.78 is 33.4. The molecule has 202 valence electrons. The molecule has 0 aromatic heterocycles. The maximum Gasteiger partial charge on any atom is 0.253 e. The number of rotatable bonds is 8. The predicted octanol–water partition coefficient (Wildman–Crippen LogP) is 4.79. The summed E-state index contributed by atoms with van der Waals surface area (Å²) in [6.07, 6.45) is 0. The van der Waals surface area contributed by atoms with E-state index >= 15 is 0 Å². The Morgan fingerprint density at radius 2 is 1.63 bits per heavy atom. The third-order valence-electron chi connectivity index (χ3n) is 7.21. The first-order valence-corrected chi connectivity index (χ1v) is 14.4. The van der Waals surface area contributed by atoms with E-state index in [1.54, 1.807) is 49.5 Å². The Bertz CT molecular complexity index is 1400. The maximum absolute atomic E-state index is 13.5. The predicted molar refractivity (Wildman–Crippen MR) is 151 cm³/mol. The molecule has 1 saturated heterocycles. The topological polar surface area (TPSA) is 70.2 Å². The molecule has 3 aromatic rings. The van der Waals surface area contributed by atoms with Gasteiger partial charge in [0.1, 0.15) is 5.75 Å². The number of piperazine rings is 1. The molecule has 3 aromatic carbocycles. The molecule has 1 heterocycles. The SMILES string of the molecule is CCOc1ccc(C(=O)N2CCN(c3cccc(C)c3C)CC2)cc1CN(C)S(=O)(=O)c1ccc(C)cc1. The molecule has 0 bridgehead atoms. The van der Waals surface area contributed by atoms with Gasteiger partial charge in [-0.05, 0) is 75.2 Å². The zero-order valence-corrected chi connectivity index (χ0v) is 23.7. The van der Waals surface area contributed by atoms with Crippen LogP contribution < -0.4 is 9.64 Å². The van der Waals surface area contributed by atoms with E-state index in [0.29, 0.717) is 36.6 Å². The highest BCUT2D eigenvalue weighted by Gasteiger charge is 2.26. The van der Waals surface area contributed by atoms with Crippen molar-refractivity contribution in [1.82, 2.24) is 9.21 Å². The minimum absolute atomic E-state index is 0.0565. The van der Waals surface area contributed by atoms with E-state index in [0.717, 1.165) is 18.7 Å². The van der Waals surface area contributed by atoms with E-state index < -0.39 is 10.0 Å². The summed E-state index contributed by atoms with van der Waals surface area (Å²) in [5.41, 5.74) is 5.93. The first-order valence-electron chi connectivity index (χ1n) is 13.0. The summed E-state index contributed by atoms with van der Waals surface area (Å²) >= 11 is 0. The van der Waals surface area contributed by atoms with Crippen LogP contribution in [-0.2, 0) is 16.6 Å². The van der Waals surface area contributed by atoms with Crippen molar-refractivity contribution in [2.45, 2.75) is 39.1 Å². The minimum atomic E-state index is -3.70. The highest BCUT2D eigenvalue weighted by Crippen LogP contribution is 2.27. The molecule has 0 N–H and O–H groups in total. The van der Waals surface area contributed by atoms with Crippen LogP contribution >= 0.6 is 0 Å². The molecule has 1 aliphatic heterocycles. The van der Waals surface area contributed by atoms with Gasteiger partial charge in [-0.2, -0.15) is 4.31 Å². The van der Waals surface area contributed by atoms with E-state index in [9.17, 15) is 13.2 Å². The van der Waals surface area contributed by atoms with Gasteiger partial charge in [-0.25, -0.2) is 8.42 Å². The summed E-state index contributed by atoms with van der Waals surface area (Å²) in [6.45, 7) is 11.3. The summed E-state index contributed by atoms with van der Waals surface area (Å²) in [5.74, 6) is 0.522. The lowest BCUT2D eigenvalue weighted by Crippen LogP contribution is -2.49. The number of ether oxygens (including phenoxy) is 1. The van der Waals surface area contributed by atoms with Crippen molar-refractivity contribution in [1.29, 1.82) is 0 Å². The molecule has 0 spiro atoms. The smallest absolute Gasteiger partial charge is 0.253 e. The zero-order valence-electron chi connectivity index (χ0n) is 22.9. The number of anilines is 1. The number of benzene rings is 3. The molecule has 1 aliphatic rings. The fourth-order valence-corrected chi connectivity index (χ4v) is 5.91. The van der Waals surface area contributed by atoms with Gasteiger partial charge in [-0.3, -0.25) is 4.79 Å². The summed E-state index contributed by atoms with van der Waals surface area (Å²) in [5, 5.41) is 0. The van der Waals surface area contributed by atoms with Crippen LogP contribution in [0, 0.1) is 20.8 Å². The van der Waals surface area contributed by atoms with E-state index in [-0.39, 0.29) is 17.3 Å². The number of nitrogens with zero attached hydrogens (tertiary/aromatic N) is 3. The Morgan fingerprint density at radius 1 is 0.947 bits per heavy atom. The number of amides is 1. The van der Waals surface area contributed by atoms with Crippen molar-refractivity contribution in [3.63, 3.8) is 0 Å². The minimum Gasteiger partial charge on any atom is -0.494 e. The first kappa shape index (κ1) is 27.7. The van der Waals surface area contributed by atoms with Gasteiger partial charge in [0, 0.05) is 56.6 Å². The van der Waals surface area contributed by atoms with Crippen molar-refractivity contribution in [3.8, 4) is 5.75 Å². The average molecular weight is 536 g/mol. The van der Waals surface area contributed by atoms with Crippen molar-refractivity contribution < 1.29 is 17.9 Å². The van der Waals surface area contributed by atoms with Gasteiger partial charge >= 0.3 is 0 Å². The molecule has 1 fully saturated rings. The fourth-order valence-electron chi connectivity index (χ4n) is 4.76. The van der Waals surface area contributed by atoms with Gasteiger partial charge in [-0.15, -0.1) is 0 Å². The molecule has 0 unspecified atom stereocenters. The molecular formula is C30H37N3O4S. The largest absolute Gasteiger partial charge is 0.494 e. The molecule has 0 aliphatic carbocycles. The molecule has 8 heteroatoms. The molecular weight excluding hydrogens is 498 g/mol. The normalized spacial score (nSPS) is 14.2. The summed E-state index contributed by atoms with van der Waals surface area (Å²) in [6, 6.07) is 18.4. The van der Waals surface area contributed by atoms with Crippen LogP contribution in [0.25, 0.3) is 0 Å². The van der Waals surface area contributed by atoms with Crippen LogP contribution in [0.5, 0.6) is 5.75 Å². The van der Waals surface area contributed by atoms with Crippen LogP contribution in [0.3, 0.4) is 0 Å². The van der Waals surface area contributed by atoms with Crippen molar-refractivity contribution in [2.24, 2.45) is 0 Å². The van der Waals surface area contributed by atoms with Gasteiger partial charge in [-0.1, -0.05) is 29.8 Å². The molecule has 38 heavy (non-hydrogen) atoms. The maximum atomic E-state index is 13.5. The third-order valence-corrected chi connectivity index (χ3v) is 9.03. The lowest BCUT2D eigenvalue weighted by molar-refractivity contribution is 0.0746. The van der Waals surface area contributed by atoms with Gasteiger partial charge < -0.3 is 14.5 Å². The Kier molecular flexibility index (Phi) is 8.43. The van der Waals surface area contributed by atoms with Crippen molar-refractivity contribution >= 4 is 21.6 Å². The molecule has 0 radical (unpaired) electrons. The summed E-state index contributed by atoms with van der Waals surface area (Å²) in [7, 11) is -2.15. The highest BCUT2D eigenvalue weighted by atomic mass is 32.2. The van der Waals surface area contributed by atoms with Crippen LogP contribution in [0.4, 0.5) is 5.69 Å². The average Bonchev–Trinajstić information content (AvgIpc) is 2.91. The van der Waals surface area contributed by atoms with Gasteiger partial charge in [0.15, 0.2) is 0 Å². The number of carbonyl (C=O) groups is 1. The second kappa shape index (κ2) is 11.6. The highest BCUT2D eigenvalue weighted by molar-refractivity contribution is 7.89. The monoisotopic (exact) mass is 535 g/mol. The third kappa shape index (κ3) is 5.87. The molecule has 4 rings (SSSR count). The van der Waals surface area contributed by atoms with Crippen molar-refractivity contribution in [2.75, 3.05) is 44.7 Å². The molecule has 0 saturated carbocycles. The summed E-state index contributed by atoms with van der Waals surface area (Å²) in [4.78, 5) is 17.9. The van der Waals surface area contributed by atoms with E-state index in [1.807, 2.05) is 18.7 Å². The van der Waals surface area contributed by atoms with Crippen LogP contribution in [-0.4, -0.2) is 63.4 Å². The number of carbonyl (C=O) groups excluding carboxylic acids is 1. The first-order chi connectivity index (χ1) is 18.1. The van der Waals surface area contributed by atoms with Crippen molar-refractivity contribution in [3.05, 3.63) is 88.5 Å². The zero-order chi connectivity index (χ0) is 27.4. The van der Waals surface area contributed by atoms with E-state index in [2.05, 4.69) is 36.9 Å². The number of hydrogen-bond donors (Lipinski definition) is 0. The fraction of sp³-hybridized carbons (Fsp3) is 0.367. The Morgan fingerprint density at radius 3 is 2.29 bits per heavy atom. The van der Waals surface area contributed by atoms with Crippen LogP contribution in [0.1, 0.15) is 39.5 Å². The Hall–Kier alpha value is -3.36. The van der Waals surface area contributed by atoms with Crippen LogP contribution in [0.15, 0.2) is 65.6 Å². The molecule has 1 amide bonds. The molecule has 0 atom stereocenters. The standard InChI is InChI=1S/C30H37N3O4S/c1-6-37-29-15-12-25(20-26(29)21-31(5)38(35,36)27-13-10-22(2)11-14-27)30(34)33-18-16-32(17-19-33)28-9-7-8-23(3)24(28)4/h7-15,20H,6,16-19,21H2,1-5H3. The number of hydrogen-bond acceptors (Lipinski definition) is 5. The lowest BCUT2D eigenvalue weighted by atomic mass is 10.1. The van der Waals surface area contributed by atoms with E-state index in [4.69, 9.17) is 4.74 Å². The van der Waals surface area contributed by atoms with Crippen LogP contribution in [0.2, 0.25) is 0 Å². The number of sulfonamides is 1. The van der Waals surface area contributed by atoms with Gasteiger partial charge in [0.25, 0.3) is 5.91 Å². The van der Waals surface area contributed by atoms with Gasteiger partial charge in [0.05, 0.1) is 11.5 Å². The quantitative estimate of drug-likeness (QED) is 0.415.